The summed E-state index contributed by atoms with van der Waals surface area (Å²) in [6, 6.07) is 22.6. The van der Waals surface area contributed by atoms with Gasteiger partial charge < -0.3 is 9.47 Å². The second-order valence-electron chi connectivity index (χ2n) is 11.8. The molecule has 0 atom stereocenters. The first-order valence-electron chi connectivity index (χ1n) is 15.7. The number of carbonyl (C=O) groups excluding carboxylic acids is 2. The van der Waals surface area contributed by atoms with Crippen LogP contribution in [0.25, 0.3) is 0 Å². The van der Waals surface area contributed by atoms with E-state index >= 15 is 0 Å². The molecular weight excluding hydrogens is 632 g/mol. The van der Waals surface area contributed by atoms with Crippen LogP contribution in [0.15, 0.2) is 70.6 Å². The van der Waals surface area contributed by atoms with E-state index in [2.05, 4.69) is 62.2 Å². The first-order chi connectivity index (χ1) is 21.8. The van der Waals surface area contributed by atoms with Gasteiger partial charge in [-0.3, -0.25) is 29.4 Å². The molecule has 2 aliphatic heterocycles. The van der Waals surface area contributed by atoms with Gasteiger partial charge in [-0.05, 0) is 49.2 Å². The van der Waals surface area contributed by atoms with Crippen LogP contribution >= 0.6 is 0 Å². The van der Waals surface area contributed by atoms with E-state index < -0.39 is 0 Å². The Bertz CT molecular complexity index is 1340. The number of carbonyl (C=O) groups is 2. The number of aliphatic imine (C=N–C) groups is 2. The summed E-state index contributed by atoms with van der Waals surface area (Å²) in [5.41, 5.74) is 5.86. The van der Waals surface area contributed by atoms with E-state index in [9.17, 15) is 9.59 Å². The van der Waals surface area contributed by atoms with Crippen LogP contribution in [-0.2, 0) is 62.3 Å². The van der Waals surface area contributed by atoms with E-state index in [-0.39, 0.29) is 40.8 Å². The van der Waals surface area contributed by atoms with E-state index in [1.807, 2.05) is 52.0 Å². The normalized spacial score (nSPS) is 14.0. The zero-order chi connectivity index (χ0) is 32.0. The summed E-state index contributed by atoms with van der Waals surface area (Å²) in [7, 11) is 0. The van der Waals surface area contributed by atoms with Crippen LogP contribution < -0.4 is 0 Å². The van der Waals surface area contributed by atoms with Crippen molar-refractivity contribution >= 4 is 29.3 Å². The fourth-order valence-electron chi connectivity index (χ4n) is 4.80. The van der Waals surface area contributed by atoms with Gasteiger partial charge in [-0.25, -0.2) is 0 Å². The Kier molecular flexibility index (Phi) is 15.2. The molecule has 0 N–H and O–H groups in total. The van der Waals surface area contributed by atoms with Crippen LogP contribution in [0.1, 0.15) is 63.3 Å². The molecule has 3 aromatic rings. The number of fused-ring (bicyclic) bond motifs is 5. The summed E-state index contributed by atoms with van der Waals surface area (Å²) < 4.78 is 10.7. The summed E-state index contributed by atoms with van der Waals surface area (Å²) in [5.74, 6) is -0.537. The number of nitrogens with zero attached hydrogens (tertiary/aromatic N) is 6. The van der Waals surface area contributed by atoms with Crippen LogP contribution in [0, 0.1) is 11.8 Å². The van der Waals surface area contributed by atoms with Gasteiger partial charge >= 0.3 is 29.0 Å². The third-order valence-electron chi connectivity index (χ3n) is 7.16. The van der Waals surface area contributed by atoms with Gasteiger partial charge in [0.1, 0.15) is 17.4 Å². The number of hydrogen-bond acceptors (Lipinski definition) is 10. The summed E-state index contributed by atoms with van der Waals surface area (Å²) in [6.07, 6.45) is 1.51. The van der Waals surface area contributed by atoms with Crippen molar-refractivity contribution in [2.75, 3.05) is 26.3 Å². The maximum Gasteiger partial charge on any atom is 1.00 e. The SMILES string of the molecule is C1=Nc2ccccc2N=1.CC(C)C(=O)OCCCN1Cc2cccc(n2)CN(CCCOC(=O)C(C)C)Cc2cccc(n2)C1.[Cu+]. The zero-order valence-electron chi connectivity index (χ0n) is 27.1. The van der Waals surface area contributed by atoms with E-state index in [1.165, 1.54) is 0 Å². The molecule has 1 aromatic carbocycles. The minimum Gasteiger partial charge on any atom is -0.465 e. The van der Waals surface area contributed by atoms with Crippen molar-refractivity contribution in [3.63, 3.8) is 0 Å². The predicted molar refractivity (Wildman–Crippen MR) is 173 cm³/mol. The molecule has 4 heterocycles. The quantitative estimate of drug-likeness (QED) is 0.113. The molecule has 0 unspecified atom stereocenters. The topological polar surface area (TPSA) is 110 Å². The van der Waals surface area contributed by atoms with E-state index in [4.69, 9.17) is 19.4 Å². The molecule has 0 aliphatic carbocycles. The minimum atomic E-state index is -0.157. The van der Waals surface area contributed by atoms with Crippen molar-refractivity contribution in [2.45, 2.75) is 66.7 Å². The molecule has 0 fully saturated rings. The molecular formula is C35H44CuN6O4+. The maximum absolute atomic E-state index is 11.8. The van der Waals surface area contributed by atoms with Crippen LogP contribution in [0.4, 0.5) is 11.4 Å². The van der Waals surface area contributed by atoms with Gasteiger partial charge in [-0.2, -0.15) is 9.98 Å². The summed E-state index contributed by atoms with van der Waals surface area (Å²) in [6.45, 7) is 12.6. The van der Waals surface area contributed by atoms with Crippen molar-refractivity contribution in [1.29, 1.82) is 0 Å². The molecule has 0 saturated carbocycles. The fourth-order valence-corrected chi connectivity index (χ4v) is 4.80. The van der Waals surface area contributed by atoms with Gasteiger partial charge in [0.05, 0.1) is 47.8 Å². The van der Waals surface area contributed by atoms with Crippen molar-refractivity contribution < 1.29 is 36.1 Å². The van der Waals surface area contributed by atoms with E-state index in [0.717, 1.165) is 60.1 Å². The van der Waals surface area contributed by atoms with Gasteiger partial charge in [0.15, 0.2) is 0 Å². The average molecular weight is 676 g/mol. The van der Waals surface area contributed by atoms with Crippen LogP contribution in [0.3, 0.4) is 0 Å². The molecule has 0 amide bonds. The number of rotatable bonds is 10. The molecule has 4 bridgehead atoms. The smallest absolute Gasteiger partial charge is 0.465 e. The monoisotopic (exact) mass is 675 g/mol. The molecule has 46 heavy (non-hydrogen) atoms. The number of aromatic nitrogens is 2. The number of pyridine rings is 2. The molecule has 0 spiro atoms. The van der Waals surface area contributed by atoms with Crippen molar-refractivity contribution in [3.8, 4) is 0 Å². The Morgan fingerprint density at radius 3 is 1.37 bits per heavy atom. The maximum atomic E-state index is 11.8. The minimum absolute atomic E-state index is 0. The fraction of sp³-hybridized carbons (Fsp3) is 0.457. The molecule has 2 aromatic heterocycles. The number of ether oxygens (including phenoxy) is 2. The number of para-hydroxylation sites is 2. The van der Waals surface area contributed by atoms with Gasteiger partial charge in [-0.15, -0.1) is 0 Å². The second kappa shape index (κ2) is 19.1. The molecule has 0 saturated heterocycles. The van der Waals surface area contributed by atoms with E-state index in [1.54, 1.807) is 0 Å². The Balaban J connectivity index is 0.000000488. The first-order valence-corrected chi connectivity index (χ1v) is 15.7. The van der Waals surface area contributed by atoms with Gasteiger partial charge in [0.2, 0.25) is 0 Å². The van der Waals surface area contributed by atoms with Crippen LogP contribution in [-0.4, -0.2) is 64.0 Å². The zero-order valence-corrected chi connectivity index (χ0v) is 28.1. The van der Waals surface area contributed by atoms with Gasteiger partial charge in [0, 0.05) is 39.3 Å². The second-order valence-corrected chi connectivity index (χ2v) is 11.8. The summed E-state index contributed by atoms with van der Waals surface area (Å²) >= 11 is 0. The molecule has 248 valence electrons. The Hall–Kier alpha value is -3.72. The van der Waals surface area contributed by atoms with Gasteiger partial charge in [0.25, 0.3) is 0 Å². The molecule has 2 aliphatic rings. The summed E-state index contributed by atoms with van der Waals surface area (Å²) in [5, 5.41) is 0. The van der Waals surface area contributed by atoms with Crippen LogP contribution in [0.5, 0.6) is 0 Å². The third kappa shape index (κ3) is 12.2. The van der Waals surface area contributed by atoms with Crippen molar-refractivity contribution in [3.05, 3.63) is 83.4 Å². The van der Waals surface area contributed by atoms with E-state index in [0.29, 0.717) is 39.4 Å². The first kappa shape index (κ1) is 36.7. The van der Waals surface area contributed by atoms with Gasteiger partial charge in [-0.1, -0.05) is 52.0 Å². The molecule has 0 radical (unpaired) electrons. The Labute approximate surface area is 282 Å². The summed E-state index contributed by atoms with van der Waals surface area (Å²) in [4.78, 5) is 45.8. The van der Waals surface area contributed by atoms with Crippen molar-refractivity contribution in [1.82, 2.24) is 19.8 Å². The number of hydrogen-bond donors (Lipinski definition) is 0. The molecule has 11 heteroatoms. The largest absolute Gasteiger partial charge is 1.00 e. The Morgan fingerprint density at radius 1 is 0.652 bits per heavy atom. The standard InChI is InChI=1S/C28H40N4O4.C7H4N2.Cu/c1-21(2)27(33)35-15-7-13-31-17-23-9-5-11-25(29-23)19-32(14-8-16-36-28(34)22(3)4)20-26-12-6-10-24(18-31)30-26;1-2-4-7-6(3-1)8-5-9-7;/h5-6,9-12,21-22H,7-8,13-20H2,1-4H3;1-4H;/q;;+1. The molecule has 5 rings (SSSR count). The van der Waals surface area contributed by atoms with Crippen molar-refractivity contribution in [2.24, 2.45) is 21.8 Å². The third-order valence-corrected chi connectivity index (χ3v) is 7.16. The predicted octanol–water partition coefficient (Wildman–Crippen LogP) is 6.11. The Morgan fingerprint density at radius 2 is 1.02 bits per heavy atom. The average Bonchev–Trinajstić information content (AvgIpc) is 3.50. The number of benzene rings is 1. The number of esters is 2. The van der Waals surface area contributed by atoms with Crippen LogP contribution in [0.2, 0.25) is 0 Å². The molecule has 10 nitrogen and oxygen atoms in total.